The van der Waals surface area contributed by atoms with Crippen LogP contribution in [0.2, 0.25) is 0 Å². The van der Waals surface area contributed by atoms with Crippen LogP contribution < -0.4 is 4.90 Å². The summed E-state index contributed by atoms with van der Waals surface area (Å²) in [6.07, 6.45) is 0. The third-order valence-corrected chi connectivity index (χ3v) is 11.0. The molecule has 0 atom stereocenters. The number of benzene rings is 9. The molecule has 1 aromatic heterocycles. The molecule has 0 saturated carbocycles. The number of thiophene rings is 1. The first kappa shape index (κ1) is 27.2. The van der Waals surface area contributed by atoms with Crippen molar-refractivity contribution in [3.8, 4) is 11.1 Å². The molecule has 0 unspecified atom stereocenters. The summed E-state index contributed by atoms with van der Waals surface area (Å²) in [6, 6.07) is 64.5. The predicted molar refractivity (Wildman–Crippen MR) is 209 cm³/mol. The fraction of sp³-hybridized carbons (Fsp3) is 0. The number of fused-ring (bicyclic) bond motifs is 10. The molecule has 224 valence electrons. The van der Waals surface area contributed by atoms with Crippen LogP contribution in [0.4, 0.5) is 17.1 Å². The van der Waals surface area contributed by atoms with E-state index in [0.717, 1.165) is 5.69 Å². The van der Waals surface area contributed by atoms with Crippen molar-refractivity contribution in [3.05, 3.63) is 176 Å². The van der Waals surface area contributed by atoms with Crippen LogP contribution in [0.5, 0.6) is 0 Å². The van der Waals surface area contributed by atoms with Crippen molar-refractivity contribution in [2.75, 3.05) is 4.90 Å². The summed E-state index contributed by atoms with van der Waals surface area (Å²) in [5.41, 5.74) is 5.91. The summed E-state index contributed by atoms with van der Waals surface area (Å²) in [4.78, 5) is 2.53. The zero-order valence-corrected chi connectivity index (χ0v) is 26.9. The molecule has 0 aliphatic heterocycles. The van der Waals surface area contributed by atoms with Crippen LogP contribution in [0, 0.1) is 0 Å². The van der Waals surface area contributed by atoms with Gasteiger partial charge in [-0.2, -0.15) is 0 Å². The number of para-hydroxylation sites is 1. The first-order chi connectivity index (χ1) is 23.8. The lowest BCUT2D eigenvalue weighted by atomic mass is 9.93. The molecule has 1 heterocycles. The van der Waals surface area contributed by atoms with Gasteiger partial charge in [0.05, 0.1) is 21.8 Å². The molecule has 0 aliphatic carbocycles. The molecular formula is C46H29NS. The minimum Gasteiger partial charge on any atom is -0.308 e. The molecular weight excluding hydrogens is 599 g/mol. The van der Waals surface area contributed by atoms with Gasteiger partial charge in [-0.25, -0.2) is 0 Å². The fourth-order valence-corrected chi connectivity index (χ4v) is 8.91. The van der Waals surface area contributed by atoms with E-state index in [-0.39, 0.29) is 0 Å². The average Bonchev–Trinajstić information content (AvgIpc) is 3.55. The Hall–Kier alpha value is -5.96. The molecule has 10 aromatic rings. The molecule has 0 saturated heterocycles. The number of nitrogens with zero attached hydrogens (tertiary/aromatic N) is 1. The molecule has 0 spiro atoms. The van der Waals surface area contributed by atoms with E-state index in [0.29, 0.717) is 0 Å². The molecule has 0 aliphatic rings. The second-order valence-electron chi connectivity index (χ2n) is 12.5. The molecule has 9 aromatic carbocycles. The maximum absolute atomic E-state index is 2.53. The Balaban J connectivity index is 1.37. The van der Waals surface area contributed by atoms with E-state index >= 15 is 0 Å². The van der Waals surface area contributed by atoms with Crippen LogP contribution in [0.3, 0.4) is 0 Å². The van der Waals surface area contributed by atoms with Crippen molar-refractivity contribution in [1.29, 1.82) is 0 Å². The molecule has 0 fully saturated rings. The minimum atomic E-state index is 1.16. The van der Waals surface area contributed by atoms with Gasteiger partial charge in [0.1, 0.15) is 0 Å². The monoisotopic (exact) mass is 627 g/mol. The highest BCUT2D eigenvalue weighted by atomic mass is 32.1. The third kappa shape index (κ3) is 4.10. The molecule has 1 nitrogen and oxygen atoms in total. The Kier molecular flexibility index (Phi) is 6.12. The molecule has 48 heavy (non-hydrogen) atoms. The van der Waals surface area contributed by atoms with Gasteiger partial charge in [0.2, 0.25) is 0 Å². The number of hydrogen-bond donors (Lipinski definition) is 0. The smallest absolute Gasteiger partial charge is 0.0640 e. The SMILES string of the molecule is c1ccc(-c2ccccc2N(c2cc3ccccc3c3c2ccc2ccccc23)c2cccc3c2sc2ccc4ccccc4c23)cc1. The fourth-order valence-electron chi connectivity index (χ4n) is 7.68. The Morgan fingerprint density at radius 3 is 1.73 bits per heavy atom. The topological polar surface area (TPSA) is 3.24 Å². The van der Waals surface area contributed by atoms with Crippen LogP contribution in [-0.2, 0) is 0 Å². The molecule has 0 bridgehead atoms. The Bertz CT molecular complexity index is 2830. The van der Waals surface area contributed by atoms with E-state index in [2.05, 4.69) is 181 Å². The van der Waals surface area contributed by atoms with Crippen LogP contribution in [0.15, 0.2) is 176 Å². The zero-order valence-electron chi connectivity index (χ0n) is 26.1. The normalized spacial score (nSPS) is 11.8. The van der Waals surface area contributed by atoms with Gasteiger partial charge in [-0.3, -0.25) is 0 Å². The van der Waals surface area contributed by atoms with Crippen molar-refractivity contribution < 1.29 is 0 Å². The highest BCUT2D eigenvalue weighted by Crippen LogP contribution is 2.51. The van der Waals surface area contributed by atoms with E-state index in [4.69, 9.17) is 0 Å². The second kappa shape index (κ2) is 10.8. The lowest BCUT2D eigenvalue weighted by molar-refractivity contribution is 1.32. The lowest BCUT2D eigenvalue weighted by Crippen LogP contribution is -2.12. The number of anilines is 3. The van der Waals surface area contributed by atoms with Gasteiger partial charge in [0.25, 0.3) is 0 Å². The van der Waals surface area contributed by atoms with Gasteiger partial charge in [-0.05, 0) is 67.5 Å². The standard InChI is InChI=1S/C46H29NS/c1-2-13-30(14-3-1)34-18-10-11-23-40(34)47(41-24-12-22-39-45-36-20-8-5-16-32(36)26-28-43(45)48-46(39)41)42-29-33-17-6-9-21-37(33)44-35-19-7-4-15-31(35)25-27-38(42)44/h1-29H. The largest absolute Gasteiger partial charge is 0.308 e. The second-order valence-corrected chi connectivity index (χ2v) is 13.5. The highest BCUT2D eigenvalue weighted by Gasteiger charge is 2.24. The molecule has 10 rings (SSSR count). The van der Waals surface area contributed by atoms with Crippen LogP contribution in [0.25, 0.3) is 74.4 Å². The summed E-state index contributed by atoms with van der Waals surface area (Å²) in [5, 5.41) is 12.8. The Morgan fingerprint density at radius 2 is 0.938 bits per heavy atom. The van der Waals surface area contributed by atoms with Gasteiger partial charge in [0, 0.05) is 26.4 Å². The van der Waals surface area contributed by atoms with E-state index in [1.54, 1.807) is 0 Å². The van der Waals surface area contributed by atoms with Crippen LogP contribution in [0.1, 0.15) is 0 Å². The molecule has 0 radical (unpaired) electrons. The average molecular weight is 628 g/mol. The van der Waals surface area contributed by atoms with E-state index in [9.17, 15) is 0 Å². The van der Waals surface area contributed by atoms with Crippen LogP contribution in [-0.4, -0.2) is 0 Å². The lowest BCUT2D eigenvalue weighted by Gasteiger charge is -2.30. The van der Waals surface area contributed by atoms with Gasteiger partial charge in [-0.1, -0.05) is 152 Å². The quantitative estimate of drug-likeness (QED) is 0.176. The third-order valence-electron chi connectivity index (χ3n) is 9.81. The van der Waals surface area contributed by atoms with E-state index in [1.807, 2.05) is 11.3 Å². The van der Waals surface area contributed by atoms with Crippen molar-refractivity contribution in [1.82, 2.24) is 0 Å². The first-order valence-corrected chi connectivity index (χ1v) is 17.3. The van der Waals surface area contributed by atoms with Gasteiger partial charge < -0.3 is 4.90 Å². The Labute approximate surface area is 282 Å². The van der Waals surface area contributed by atoms with E-state index < -0.39 is 0 Å². The van der Waals surface area contributed by atoms with Gasteiger partial charge in [0.15, 0.2) is 0 Å². The summed E-state index contributed by atoms with van der Waals surface area (Å²) >= 11 is 1.89. The van der Waals surface area contributed by atoms with Crippen molar-refractivity contribution in [3.63, 3.8) is 0 Å². The van der Waals surface area contributed by atoms with Crippen molar-refractivity contribution in [2.45, 2.75) is 0 Å². The summed E-state index contributed by atoms with van der Waals surface area (Å²) < 4.78 is 2.59. The van der Waals surface area contributed by atoms with Crippen LogP contribution >= 0.6 is 11.3 Å². The summed E-state index contributed by atoms with van der Waals surface area (Å²) in [5.74, 6) is 0. The summed E-state index contributed by atoms with van der Waals surface area (Å²) in [6.45, 7) is 0. The van der Waals surface area contributed by atoms with Crippen molar-refractivity contribution in [2.24, 2.45) is 0 Å². The van der Waals surface area contributed by atoms with Gasteiger partial charge in [-0.15, -0.1) is 11.3 Å². The number of hydrogen-bond acceptors (Lipinski definition) is 2. The maximum atomic E-state index is 2.53. The highest BCUT2D eigenvalue weighted by molar-refractivity contribution is 7.26. The van der Waals surface area contributed by atoms with Crippen molar-refractivity contribution >= 4 is 91.7 Å². The van der Waals surface area contributed by atoms with E-state index in [1.165, 1.54) is 85.8 Å². The first-order valence-electron chi connectivity index (χ1n) is 16.4. The van der Waals surface area contributed by atoms with Gasteiger partial charge >= 0.3 is 0 Å². The minimum absolute atomic E-state index is 1.16. The summed E-state index contributed by atoms with van der Waals surface area (Å²) in [7, 11) is 0. The Morgan fingerprint density at radius 1 is 0.354 bits per heavy atom. The molecule has 0 amide bonds. The molecule has 2 heteroatoms. The zero-order chi connectivity index (χ0) is 31.6. The molecule has 0 N–H and O–H groups in total. The predicted octanol–water partition coefficient (Wildman–Crippen LogP) is 13.8. The maximum Gasteiger partial charge on any atom is 0.0640 e. The number of rotatable bonds is 4.